The zero-order valence-electron chi connectivity index (χ0n) is 12.1. The highest BCUT2D eigenvalue weighted by atomic mass is 32.2. The minimum atomic E-state index is -3.42. The Balaban J connectivity index is 2.02. The number of pyridine rings is 1. The lowest BCUT2D eigenvalue weighted by atomic mass is 10.0. The summed E-state index contributed by atoms with van der Waals surface area (Å²) >= 11 is 0. The molecule has 1 N–H and O–H groups in total. The zero-order chi connectivity index (χ0) is 14.8. The molecule has 0 radical (unpaired) electrons. The summed E-state index contributed by atoms with van der Waals surface area (Å²) in [6.07, 6.45) is 3.47. The summed E-state index contributed by atoms with van der Waals surface area (Å²) < 4.78 is 30.7. The number of nitrogens with zero attached hydrogens (tertiary/aromatic N) is 2. The van der Waals surface area contributed by atoms with Crippen LogP contribution in [0.1, 0.15) is 19.8 Å². The van der Waals surface area contributed by atoms with Crippen molar-refractivity contribution in [3.63, 3.8) is 0 Å². The van der Waals surface area contributed by atoms with Gasteiger partial charge in [-0.1, -0.05) is 0 Å². The van der Waals surface area contributed by atoms with Gasteiger partial charge in [0.1, 0.15) is 10.7 Å². The number of nitrogens with one attached hydrogen (secondary N) is 1. The summed E-state index contributed by atoms with van der Waals surface area (Å²) in [5, 5.41) is 3.19. The smallest absolute Gasteiger partial charge is 0.244 e. The average molecular weight is 299 g/mol. The molecule has 2 rings (SSSR count). The molecule has 1 atom stereocenters. The van der Waals surface area contributed by atoms with Gasteiger partial charge < -0.3 is 10.1 Å². The Bertz CT molecular complexity index is 549. The Kier molecular flexibility index (Phi) is 4.31. The highest BCUT2D eigenvalue weighted by Crippen LogP contribution is 2.25. The number of sulfonamides is 1. The molecule has 0 amide bonds. The predicted molar refractivity (Wildman–Crippen MR) is 77.2 cm³/mol. The van der Waals surface area contributed by atoms with Crippen molar-refractivity contribution in [3.05, 3.63) is 18.3 Å². The molecule has 0 aromatic carbocycles. The second kappa shape index (κ2) is 5.67. The maximum Gasteiger partial charge on any atom is 0.244 e. The summed E-state index contributed by atoms with van der Waals surface area (Å²) in [5.74, 6) is 0.652. The van der Waals surface area contributed by atoms with Gasteiger partial charge in [-0.15, -0.1) is 0 Å². The van der Waals surface area contributed by atoms with E-state index in [-0.39, 0.29) is 10.5 Å². The largest absolute Gasteiger partial charge is 0.373 e. The highest BCUT2D eigenvalue weighted by molar-refractivity contribution is 7.89. The first-order valence-electron chi connectivity index (χ1n) is 6.60. The van der Waals surface area contributed by atoms with E-state index < -0.39 is 10.0 Å². The van der Waals surface area contributed by atoms with Gasteiger partial charge in [0.2, 0.25) is 10.0 Å². The van der Waals surface area contributed by atoms with Gasteiger partial charge in [0.25, 0.3) is 0 Å². The van der Waals surface area contributed by atoms with Crippen LogP contribution in [0.2, 0.25) is 0 Å². The van der Waals surface area contributed by atoms with Gasteiger partial charge in [-0.05, 0) is 31.9 Å². The molecule has 0 aliphatic carbocycles. The standard InChI is InChI=1S/C13H21N3O3S/c1-13(7-4-8-19-13)10-15-12-6-5-11(9-14-12)20(17,18)16(2)3/h5-6,9H,4,7-8,10H2,1-3H3,(H,14,15). The fourth-order valence-corrected chi connectivity index (χ4v) is 2.95. The monoisotopic (exact) mass is 299 g/mol. The van der Waals surface area contributed by atoms with Crippen molar-refractivity contribution >= 4 is 15.8 Å². The van der Waals surface area contributed by atoms with E-state index in [1.54, 1.807) is 12.1 Å². The predicted octanol–water partition coefficient (Wildman–Crippen LogP) is 1.31. The minimum Gasteiger partial charge on any atom is -0.373 e. The lowest BCUT2D eigenvalue weighted by Gasteiger charge is -2.23. The first kappa shape index (κ1) is 15.2. The Morgan fingerprint density at radius 3 is 2.70 bits per heavy atom. The van der Waals surface area contributed by atoms with Gasteiger partial charge in [-0.2, -0.15) is 0 Å². The van der Waals surface area contributed by atoms with Crippen molar-refractivity contribution in [3.8, 4) is 0 Å². The number of anilines is 1. The number of rotatable bonds is 5. The highest BCUT2D eigenvalue weighted by Gasteiger charge is 2.29. The number of aromatic nitrogens is 1. The molecule has 2 heterocycles. The molecule has 1 aromatic rings. The van der Waals surface area contributed by atoms with Crippen LogP contribution in [0.5, 0.6) is 0 Å². The van der Waals surface area contributed by atoms with Crippen LogP contribution >= 0.6 is 0 Å². The first-order chi connectivity index (χ1) is 9.33. The third kappa shape index (κ3) is 3.28. The van der Waals surface area contributed by atoms with E-state index >= 15 is 0 Å². The average Bonchev–Trinajstić information content (AvgIpc) is 2.84. The van der Waals surface area contributed by atoms with Crippen LogP contribution < -0.4 is 5.32 Å². The molecule has 1 aromatic heterocycles. The van der Waals surface area contributed by atoms with E-state index in [0.29, 0.717) is 12.4 Å². The number of ether oxygens (including phenoxy) is 1. The summed E-state index contributed by atoms with van der Waals surface area (Å²) in [6, 6.07) is 3.23. The van der Waals surface area contributed by atoms with E-state index in [9.17, 15) is 8.42 Å². The van der Waals surface area contributed by atoms with Crippen molar-refractivity contribution in [2.75, 3.05) is 32.6 Å². The van der Waals surface area contributed by atoms with Gasteiger partial charge in [-0.25, -0.2) is 17.7 Å². The van der Waals surface area contributed by atoms with Gasteiger partial charge >= 0.3 is 0 Å². The van der Waals surface area contributed by atoms with Crippen molar-refractivity contribution in [1.29, 1.82) is 0 Å². The van der Waals surface area contributed by atoms with Crippen LogP contribution in [0, 0.1) is 0 Å². The van der Waals surface area contributed by atoms with Crippen molar-refractivity contribution in [1.82, 2.24) is 9.29 Å². The van der Waals surface area contributed by atoms with E-state index in [1.807, 2.05) is 0 Å². The van der Waals surface area contributed by atoms with Gasteiger partial charge in [-0.3, -0.25) is 0 Å². The first-order valence-corrected chi connectivity index (χ1v) is 8.04. The summed E-state index contributed by atoms with van der Waals surface area (Å²) in [6.45, 7) is 3.53. The van der Waals surface area contributed by atoms with Crippen molar-refractivity contribution in [2.45, 2.75) is 30.3 Å². The topological polar surface area (TPSA) is 71.5 Å². The molecule has 1 aliphatic heterocycles. The van der Waals surface area contributed by atoms with Crippen molar-refractivity contribution < 1.29 is 13.2 Å². The van der Waals surface area contributed by atoms with Gasteiger partial charge in [0, 0.05) is 33.4 Å². The Hall–Kier alpha value is -1.18. The summed E-state index contributed by atoms with van der Waals surface area (Å²) in [4.78, 5) is 4.34. The van der Waals surface area contributed by atoms with Gasteiger partial charge in [0.05, 0.1) is 5.60 Å². The third-order valence-corrected chi connectivity index (χ3v) is 5.26. The Morgan fingerprint density at radius 1 is 1.45 bits per heavy atom. The lowest BCUT2D eigenvalue weighted by Crippen LogP contribution is -2.32. The van der Waals surface area contributed by atoms with Crippen molar-refractivity contribution in [2.24, 2.45) is 0 Å². The van der Waals surface area contributed by atoms with E-state index in [0.717, 1.165) is 19.4 Å². The number of hydrogen-bond acceptors (Lipinski definition) is 5. The summed E-state index contributed by atoms with van der Waals surface area (Å²) in [5.41, 5.74) is -0.157. The van der Waals surface area contributed by atoms with E-state index in [2.05, 4.69) is 17.2 Å². The molecular weight excluding hydrogens is 278 g/mol. The molecule has 0 saturated carbocycles. The molecule has 0 bridgehead atoms. The third-order valence-electron chi connectivity index (χ3n) is 3.46. The van der Waals surface area contributed by atoms with Gasteiger partial charge in [0.15, 0.2) is 0 Å². The molecule has 1 fully saturated rings. The molecule has 1 saturated heterocycles. The van der Waals surface area contributed by atoms with Crippen LogP contribution in [0.15, 0.2) is 23.2 Å². The fourth-order valence-electron chi connectivity index (χ4n) is 2.10. The lowest BCUT2D eigenvalue weighted by molar-refractivity contribution is 0.0315. The molecule has 0 spiro atoms. The maximum atomic E-state index is 11.9. The molecule has 20 heavy (non-hydrogen) atoms. The minimum absolute atomic E-state index is 0.157. The Morgan fingerprint density at radius 2 is 2.20 bits per heavy atom. The van der Waals surface area contributed by atoms with Crippen LogP contribution in [0.4, 0.5) is 5.82 Å². The van der Waals surface area contributed by atoms with E-state index in [4.69, 9.17) is 4.74 Å². The van der Waals surface area contributed by atoms with E-state index in [1.165, 1.54) is 24.6 Å². The Labute approximate surface area is 120 Å². The normalized spacial score (nSPS) is 23.2. The van der Waals surface area contributed by atoms with Crippen LogP contribution in [0.25, 0.3) is 0 Å². The SMILES string of the molecule is CN(C)S(=O)(=O)c1ccc(NCC2(C)CCCO2)nc1. The quantitative estimate of drug-likeness (QED) is 0.887. The molecule has 1 aliphatic rings. The fraction of sp³-hybridized carbons (Fsp3) is 0.615. The van der Waals surface area contributed by atoms with Crippen LogP contribution in [-0.4, -0.2) is 50.6 Å². The molecule has 1 unspecified atom stereocenters. The second-order valence-electron chi connectivity index (χ2n) is 5.42. The maximum absolute atomic E-state index is 11.9. The molecular formula is C13H21N3O3S. The summed E-state index contributed by atoms with van der Waals surface area (Å²) in [7, 11) is -0.418. The number of hydrogen-bond donors (Lipinski definition) is 1. The second-order valence-corrected chi connectivity index (χ2v) is 7.57. The molecule has 6 nitrogen and oxygen atoms in total. The van der Waals surface area contributed by atoms with Crippen LogP contribution in [0.3, 0.4) is 0 Å². The molecule has 112 valence electrons. The van der Waals surface area contributed by atoms with Crippen LogP contribution in [-0.2, 0) is 14.8 Å². The zero-order valence-corrected chi connectivity index (χ0v) is 12.9. The molecule has 7 heteroatoms.